The molecule has 2 saturated heterocycles. The minimum Gasteiger partial charge on any atom is -0.341 e. The number of pyridine rings is 1. The van der Waals surface area contributed by atoms with Crippen LogP contribution in [0.3, 0.4) is 0 Å². The molecule has 1 unspecified atom stereocenters. The molecule has 27 heavy (non-hydrogen) atoms. The molecule has 6 heteroatoms. The number of hydrogen-bond acceptors (Lipinski definition) is 4. The first-order chi connectivity index (χ1) is 13.1. The molecule has 6 nitrogen and oxygen atoms in total. The van der Waals surface area contributed by atoms with Crippen LogP contribution in [0.1, 0.15) is 32.4 Å². The highest BCUT2D eigenvalue weighted by Crippen LogP contribution is 2.18. The van der Waals surface area contributed by atoms with E-state index in [2.05, 4.69) is 39.1 Å². The molecule has 0 saturated carbocycles. The lowest BCUT2D eigenvalue weighted by Crippen LogP contribution is -2.55. The quantitative estimate of drug-likeness (QED) is 0.828. The summed E-state index contributed by atoms with van der Waals surface area (Å²) in [5.41, 5.74) is 2.11. The Kier molecular flexibility index (Phi) is 5.45. The molecule has 0 N–H and O–H groups in total. The van der Waals surface area contributed by atoms with Gasteiger partial charge in [0.05, 0.1) is 11.7 Å². The lowest BCUT2D eigenvalue weighted by Gasteiger charge is -2.40. The normalized spacial score (nSPS) is 21.6. The van der Waals surface area contributed by atoms with Gasteiger partial charge in [-0.15, -0.1) is 0 Å². The SMILES string of the molecule is CC1CCN(C(=O)C(C)N2CCN(Cc3cn4ccccc4n3)CC2)CC1. The van der Waals surface area contributed by atoms with Gasteiger partial charge in [0.25, 0.3) is 0 Å². The van der Waals surface area contributed by atoms with E-state index in [0.717, 1.165) is 75.9 Å². The number of piperazine rings is 1. The number of hydrogen-bond donors (Lipinski definition) is 0. The number of carbonyl (C=O) groups excluding carboxylic acids is 1. The van der Waals surface area contributed by atoms with Crippen molar-refractivity contribution in [1.29, 1.82) is 0 Å². The molecule has 2 aliphatic heterocycles. The van der Waals surface area contributed by atoms with Crippen molar-refractivity contribution in [2.45, 2.75) is 39.3 Å². The maximum Gasteiger partial charge on any atom is 0.239 e. The minimum absolute atomic E-state index is 0.00394. The van der Waals surface area contributed by atoms with Crippen LogP contribution < -0.4 is 0 Å². The second kappa shape index (κ2) is 7.98. The number of amides is 1. The van der Waals surface area contributed by atoms with Crippen molar-refractivity contribution >= 4 is 11.6 Å². The van der Waals surface area contributed by atoms with Crippen molar-refractivity contribution in [2.24, 2.45) is 5.92 Å². The first-order valence-corrected chi connectivity index (χ1v) is 10.3. The molecule has 2 aromatic heterocycles. The molecule has 0 spiro atoms. The predicted molar refractivity (Wildman–Crippen MR) is 106 cm³/mol. The molecule has 0 bridgehead atoms. The van der Waals surface area contributed by atoms with Crippen LogP contribution >= 0.6 is 0 Å². The third kappa shape index (κ3) is 4.17. The zero-order valence-electron chi connectivity index (χ0n) is 16.5. The summed E-state index contributed by atoms with van der Waals surface area (Å²) < 4.78 is 2.08. The van der Waals surface area contributed by atoms with E-state index < -0.39 is 0 Å². The molecule has 0 aromatic carbocycles. The second-order valence-corrected chi connectivity index (χ2v) is 8.19. The van der Waals surface area contributed by atoms with Gasteiger partial charge in [0, 0.05) is 58.2 Å². The van der Waals surface area contributed by atoms with Gasteiger partial charge in [-0.1, -0.05) is 13.0 Å². The molecule has 2 aromatic rings. The third-order valence-electron chi connectivity index (χ3n) is 6.21. The Labute approximate surface area is 161 Å². The maximum atomic E-state index is 12.8. The Hall–Kier alpha value is -1.92. The summed E-state index contributed by atoms with van der Waals surface area (Å²) in [7, 11) is 0. The van der Waals surface area contributed by atoms with Crippen LogP contribution in [0.2, 0.25) is 0 Å². The van der Waals surface area contributed by atoms with E-state index in [-0.39, 0.29) is 6.04 Å². The zero-order valence-corrected chi connectivity index (χ0v) is 16.5. The minimum atomic E-state index is -0.00394. The first-order valence-electron chi connectivity index (χ1n) is 10.3. The van der Waals surface area contributed by atoms with Gasteiger partial charge in [-0.2, -0.15) is 0 Å². The summed E-state index contributed by atoms with van der Waals surface area (Å²) in [5.74, 6) is 1.07. The standard InChI is InChI=1S/C21H31N5O/c1-17-6-9-25(10-7-17)21(27)18(2)24-13-11-23(12-14-24)15-19-16-26-8-4-3-5-20(26)22-19/h3-5,8,16-18H,6-7,9-15H2,1-2H3. The average molecular weight is 370 g/mol. The van der Waals surface area contributed by atoms with Gasteiger partial charge in [0.15, 0.2) is 0 Å². The number of aromatic nitrogens is 2. The molecule has 1 atom stereocenters. The van der Waals surface area contributed by atoms with Crippen LogP contribution in [0.5, 0.6) is 0 Å². The zero-order chi connectivity index (χ0) is 18.8. The van der Waals surface area contributed by atoms with Crippen molar-refractivity contribution in [2.75, 3.05) is 39.3 Å². The van der Waals surface area contributed by atoms with Crippen molar-refractivity contribution in [3.8, 4) is 0 Å². The number of carbonyl (C=O) groups is 1. The number of imidazole rings is 1. The lowest BCUT2D eigenvalue weighted by atomic mass is 9.98. The molecule has 0 aliphatic carbocycles. The molecule has 0 radical (unpaired) electrons. The molecule has 2 fully saturated rings. The highest BCUT2D eigenvalue weighted by atomic mass is 16.2. The van der Waals surface area contributed by atoms with Crippen LogP contribution in [0.15, 0.2) is 30.6 Å². The van der Waals surface area contributed by atoms with Crippen molar-refractivity contribution in [3.05, 3.63) is 36.3 Å². The van der Waals surface area contributed by atoms with E-state index in [0.29, 0.717) is 5.91 Å². The number of likely N-dealkylation sites (tertiary alicyclic amines) is 1. The smallest absolute Gasteiger partial charge is 0.239 e. The van der Waals surface area contributed by atoms with Crippen molar-refractivity contribution < 1.29 is 4.79 Å². The van der Waals surface area contributed by atoms with E-state index >= 15 is 0 Å². The Morgan fingerprint density at radius 1 is 1.15 bits per heavy atom. The fourth-order valence-corrected chi connectivity index (χ4v) is 4.25. The number of piperidine rings is 1. The predicted octanol–water partition coefficient (Wildman–Crippen LogP) is 2.10. The monoisotopic (exact) mass is 369 g/mol. The van der Waals surface area contributed by atoms with Gasteiger partial charge >= 0.3 is 0 Å². The van der Waals surface area contributed by atoms with E-state index in [9.17, 15) is 4.79 Å². The summed E-state index contributed by atoms with van der Waals surface area (Å²) in [6.07, 6.45) is 6.44. The van der Waals surface area contributed by atoms with Gasteiger partial charge in [-0.3, -0.25) is 14.6 Å². The molecular weight excluding hydrogens is 338 g/mol. The first kappa shape index (κ1) is 18.4. The van der Waals surface area contributed by atoms with E-state index in [1.54, 1.807) is 0 Å². The molecule has 4 heterocycles. The molecule has 4 rings (SSSR count). The summed E-state index contributed by atoms with van der Waals surface area (Å²) >= 11 is 0. The van der Waals surface area contributed by atoms with Gasteiger partial charge < -0.3 is 9.30 Å². The Balaban J connectivity index is 1.28. The number of nitrogens with zero attached hydrogens (tertiary/aromatic N) is 5. The van der Waals surface area contributed by atoms with Crippen LogP contribution in [0, 0.1) is 5.92 Å². The maximum absolute atomic E-state index is 12.8. The van der Waals surface area contributed by atoms with Gasteiger partial charge in [-0.25, -0.2) is 4.98 Å². The summed E-state index contributed by atoms with van der Waals surface area (Å²) in [5, 5.41) is 0. The molecule has 2 aliphatic rings. The van der Waals surface area contributed by atoms with Crippen LogP contribution in [0.25, 0.3) is 5.65 Å². The average Bonchev–Trinajstić information content (AvgIpc) is 3.10. The van der Waals surface area contributed by atoms with E-state index in [4.69, 9.17) is 4.98 Å². The second-order valence-electron chi connectivity index (χ2n) is 8.19. The Morgan fingerprint density at radius 2 is 1.89 bits per heavy atom. The van der Waals surface area contributed by atoms with Crippen LogP contribution in [-0.4, -0.2) is 75.3 Å². The number of rotatable bonds is 4. The fraction of sp³-hybridized carbons (Fsp3) is 0.619. The third-order valence-corrected chi connectivity index (χ3v) is 6.21. The summed E-state index contributed by atoms with van der Waals surface area (Å²) in [4.78, 5) is 24.4. The Morgan fingerprint density at radius 3 is 2.59 bits per heavy atom. The Bertz CT molecular complexity index is 739. The van der Waals surface area contributed by atoms with E-state index in [1.165, 1.54) is 0 Å². The van der Waals surface area contributed by atoms with Crippen LogP contribution in [0.4, 0.5) is 0 Å². The highest BCUT2D eigenvalue weighted by Gasteiger charge is 2.30. The lowest BCUT2D eigenvalue weighted by molar-refractivity contribution is -0.138. The topological polar surface area (TPSA) is 44.1 Å². The summed E-state index contributed by atoms with van der Waals surface area (Å²) in [6.45, 7) is 11.0. The van der Waals surface area contributed by atoms with Gasteiger partial charge in [0.1, 0.15) is 5.65 Å². The largest absolute Gasteiger partial charge is 0.341 e. The fourth-order valence-electron chi connectivity index (χ4n) is 4.25. The number of fused-ring (bicyclic) bond motifs is 1. The van der Waals surface area contributed by atoms with E-state index in [1.807, 2.05) is 24.4 Å². The highest BCUT2D eigenvalue weighted by molar-refractivity contribution is 5.81. The van der Waals surface area contributed by atoms with Crippen molar-refractivity contribution in [3.63, 3.8) is 0 Å². The molecule has 1 amide bonds. The van der Waals surface area contributed by atoms with Crippen molar-refractivity contribution in [1.82, 2.24) is 24.1 Å². The molecule has 146 valence electrons. The van der Waals surface area contributed by atoms with Gasteiger partial charge in [0.2, 0.25) is 5.91 Å². The van der Waals surface area contributed by atoms with Crippen LogP contribution in [-0.2, 0) is 11.3 Å². The van der Waals surface area contributed by atoms with Gasteiger partial charge in [-0.05, 0) is 37.8 Å². The molecular formula is C21H31N5O. The summed E-state index contributed by atoms with van der Waals surface area (Å²) in [6, 6.07) is 6.08.